The Balaban J connectivity index is 1.87. The number of carbonyl (C=O) groups is 2. The Labute approximate surface area is 109 Å². The molecule has 2 aliphatic rings. The van der Waals surface area contributed by atoms with Crippen molar-refractivity contribution in [3.8, 4) is 0 Å². The number of nitrogens with zero attached hydrogens (tertiary/aromatic N) is 1. The predicted molar refractivity (Wildman–Crippen MR) is 67.6 cm³/mol. The smallest absolute Gasteiger partial charge is 0.326 e. The Kier molecular flexibility index (Phi) is 2.86. The number of amides is 1. The fourth-order valence-corrected chi connectivity index (χ4v) is 4.05. The van der Waals surface area contributed by atoms with Gasteiger partial charge in [-0.15, -0.1) is 11.3 Å². The third-order valence-corrected chi connectivity index (χ3v) is 4.99. The van der Waals surface area contributed by atoms with Crippen molar-refractivity contribution in [3.05, 3.63) is 22.4 Å². The molecule has 1 aliphatic heterocycles. The Hall–Kier alpha value is -1.36. The number of hydrogen-bond donors (Lipinski definition) is 1. The molecule has 3 unspecified atom stereocenters. The topological polar surface area (TPSA) is 57.6 Å². The van der Waals surface area contributed by atoms with E-state index in [2.05, 4.69) is 0 Å². The van der Waals surface area contributed by atoms with Crippen molar-refractivity contribution in [3.63, 3.8) is 0 Å². The summed E-state index contributed by atoms with van der Waals surface area (Å²) in [7, 11) is 0. The minimum Gasteiger partial charge on any atom is -0.480 e. The molecule has 2 fully saturated rings. The zero-order valence-corrected chi connectivity index (χ0v) is 10.7. The maximum absolute atomic E-state index is 12.3. The van der Waals surface area contributed by atoms with E-state index in [1.54, 1.807) is 11.0 Å². The average Bonchev–Trinajstić information content (AvgIpc) is 3.03. The van der Waals surface area contributed by atoms with Crippen LogP contribution >= 0.6 is 11.3 Å². The van der Waals surface area contributed by atoms with Gasteiger partial charge in [-0.3, -0.25) is 4.79 Å². The van der Waals surface area contributed by atoms with Gasteiger partial charge in [0.25, 0.3) is 5.91 Å². The molecular weight excluding hydrogens is 250 g/mol. The Bertz CT molecular complexity index is 471. The molecule has 96 valence electrons. The molecule has 0 aromatic carbocycles. The quantitative estimate of drug-likeness (QED) is 0.890. The third kappa shape index (κ3) is 1.73. The van der Waals surface area contributed by atoms with E-state index >= 15 is 0 Å². The van der Waals surface area contributed by atoms with E-state index in [0.29, 0.717) is 17.3 Å². The maximum atomic E-state index is 12.3. The number of carbonyl (C=O) groups excluding carboxylic acids is 1. The van der Waals surface area contributed by atoms with Crippen molar-refractivity contribution in [2.45, 2.75) is 25.3 Å². The molecule has 1 amide bonds. The van der Waals surface area contributed by atoms with Gasteiger partial charge >= 0.3 is 5.97 Å². The highest BCUT2D eigenvalue weighted by Gasteiger charge is 2.49. The molecule has 0 radical (unpaired) electrons. The van der Waals surface area contributed by atoms with Crippen LogP contribution < -0.4 is 0 Å². The van der Waals surface area contributed by atoms with Crippen molar-refractivity contribution >= 4 is 23.2 Å². The van der Waals surface area contributed by atoms with E-state index in [9.17, 15) is 14.7 Å². The lowest BCUT2D eigenvalue weighted by atomic mass is 9.94. The van der Waals surface area contributed by atoms with Crippen molar-refractivity contribution in [2.75, 3.05) is 6.54 Å². The SMILES string of the molecule is O=C(O)C1C2CCCC2CN1C(=O)c1cccs1. The molecule has 18 heavy (non-hydrogen) atoms. The van der Waals surface area contributed by atoms with E-state index in [1.165, 1.54) is 11.3 Å². The molecular formula is C13H15NO3S. The minimum atomic E-state index is -0.852. The lowest BCUT2D eigenvalue weighted by Crippen LogP contribution is -2.43. The van der Waals surface area contributed by atoms with Crippen molar-refractivity contribution in [1.82, 2.24) is 4.90 Å². The molecule has 3 rings (SSSR count). The van der Waals surface area contributed by atoms with Crippen LogP contribution in [0.15, 0.2) is 17.5 Å². The van der Waals surface area contributed by atoms with Gasteiger partial charge in [0.2, 0.25) is 0 Å². The molecule has 1 aromatic heterocycles. The molecule has 1 aliphatic carbocycles. The summed E-state index contributed by atoms with van der Waals surface area (Å²) >= 11 is 1.38. The lowest BCUT2D eigenvalue weighted by Gasteiger charge is -2.23. The summed E-state index contributed by atoms with van der Waals surface area (Å²) < 4.78 is 0. The summed E-state index contributed by atoms with van der Waals surface area (Å²) in [6.07, 6.45) is 3.10. The number of hydrogen-bond acceptors (Lipinski definition) is 3. The van der Waals surface area contributed by atoms with E-state index in [-0.39, 0.29) is 11.8 Å². The summed E-state index contributed by atoms with van der Waals surface area (Å²) in [5, 5.41) is 11.2. The van der Waals surface area contributed by atoms with Crippen molar-refractivity contribution in [1.29, 1.82) is 0 Å². The van der Waals surface area contributed by atoms with Crippen molar-refractivity contribution in [2.24, 2.45) is 11.8 Å². The lowest BCUT2D eigenvalue weighted by molar-refractivity contribution is -0.142. The van der Waals surface area contributed by atoms with Gasteiger partial charge in [-0.2, -0.15) is 0 Å². The third-order valence-electron chi connectivity index (χ3n) is 4.14. The largest absolute Gasteiger partial charge is 0.480 e. The van der Waals surface area contributed by atoms with Crippen LogP contribution in [-0.2, 0) is 4.79 Å². The van der Waals surface area contributed by atoms with Gasteiger partial charge in [0.05, 0.1) is 4.88 Å². The second kappa shape index (κ2) is 4.39. The van der Waals surface area contributed by atoms with Crippen LogP contribution in [-0.4, -0.2) is 34.5 Å². The first-order chi connectivity index (χ1) is 8.68. The Morgan fingerprint density at radius 3 is 2.89 bits per heavy atom. The van der Waals surface area contributed by atoms with Gasteiger partial charge in [0.15, 0.2) is 0 Å². The highest BCUT2D eigenvalue weighted by molar-refractivity contribution is 7.12. The van der Waals surface area contributed by atoms with Gasteiger partial charge in [-0.05, 0) is 36.1 Å². The summed E-state index contributed by atoms with van der Waals surface area (Å²) in [5.74, 6) is -0.428. The number of rotatable bonds is 2. The van der Waals surface area contributed by atoms with E-state index in [4.69, 9.17) is 0 Å². The van der Waals surface area contributed by atoms with E-state index in [1.807, 2.05) is 11.4 Å². The fourth-order valence-electron chi connectivity index (χ4n) is 3.37. The average molecular weight is 265 g/mol. The molecule has 5 heteroatoms. The molecule has 1 N–H and O–H groups in total. The number of aliphatic carboxylic acids is 1. The zero-order chi connectivity index (χ0) is 12.7. The van der Waals surface area contributed by atoms with Gasteiger partial charge in [0, 0.05) is 6.54 Å². The van der Waals surface area contributed by atoms with Crippen LogP contribution in [0.1, 0.15) is 28.9 Å². The number of fused-ring (bicyclic) bond motifs is 1. The highest BCUT2D eigenvalue weighted by Crippen LogP contribution is 2.42. The molecule has 1 aromatic rings. The first-order valence-corrected chi connectivity index (χ1v) is 7.13. The Morgan fingerprint density at radius 2 is 2.22 bits per heavy atom. The van der Waals surface area contributed by atoms with Crippen LogP contribution in [0.3, 0.4) is 0 Å². The van der Waals surface area contributed by atoms with Crippen molar-refractivity contribution < 1.29 is 14.7 Å². The molecule has 3 atom stereocenters. The summed E-state index contributed by atoms with van der Waals surface area (Å²) in [5.41, 5.74) is 0. The van der Waals surface area contributed by atoms with Crippen LogP contribution in [0.25, 0.3) is 0 Å². The predicted octanol–water partition coefficient (Wildman–Crippen LogP) is 2.07. The molecule has 1 saturated carbocycles. The number of carboxylic acids is 1. The number of thiophene rings is 1. The Morgan fingerprint density at radius 1 is 1.39 bits per heavy atom. The summed E-state index contributed by atoms with van der Waals surface area (Å²) in [4.78, 5) is 26.0. The number of likely N-dealkylation sites (tertiary alicyclic amines) is 1. The molecule has 0 spiro atoms. The van der Waals surface area contributed by atoms with Crippen LogP contribution in [0.5, 0.6) is 0 Å². The second-order valence-electron chi connectivity index (χ2n) is 5.07. The number of carboxylic acid groups (broad SMARTS) is 1. The minimum absolute atomic E-state index is 0.119. The highest BCUT2D eigenvalue weighted by atomic mass is 32.1. The van der Waals surface area contributed by atoms with Gasteiger partial charge < -0.3 is 10.0 Å². The molecule has 0 bridgehead atoms. The first kappa shape index (κ1) is 11.7. The first-order valence-electron chi connectivity index (χ1n) is 6.26. The second-order valence-corrected chi connectivity index (χ2v) is 6.02. The van der Waals surface area contributed by atoms with Crippen LogP contribution in [0.2, 0.25) is 0 Å². The van der Waals surface area contributed by atoms with E-state index in [0.717, 1.165) is 19.3 Å². The van der Waals surface area contributed by atoms with Gasteiger partial charge in [0.1, 0.15) is 6.04 Å². The molecule has 1 saturated heterocycles. The summed E-state index contributed by atoms with van der Waals surface area (Å²) in [6.45, 7) is 0.609. The summed E-state index contributed by atoms with van der Waals surface area (Å²) in [6, 6.07) is 2.97. The monoisotopic (exact) mass is 265 g/mol. The van der Waals surface area contributed by atoms with Crippen LogP contribution in [0, 0.1) is 11.8 Å². The molecule has 4 nitrogen and oxygen atoms in total. The van der Waals surface area contributed by atoms with Gasteiger partial charge in [-0.25, -0.2) is 4.79 Å². The maximum Gasteiger partial charge on any atom is 0.326 e. The molecule has 2 heterocycles. The van der Waals surface area contributed by atoms with Crippen LogP contribution in [0.4, 0.5) is 0 Å². The standard InChI is InChI=1S/C13H15NO3S/c15-12(10-5-2-6-18-10)14-7-8-3-1-4-9(8)11(14)13(16)17/h2,5-6,8-9,11H,1,3-4,7H2,(H,16,17). The van der Waals surface area contributed by atoms with E-state index < -0.39 is 12.0 Å². The normalized spacial score (nSPS) is 30.4. The van der Waals surface area contributed by atoms with Gasteiger partial charge in [-0.1, -0.05) is 12.5 Å². The fraction of sp³-hybridized carbons (Fsp3) is 0.538. The zero-order valence-electron chi connectivity index (χ0n) is 9.91.